The molecule has 0 bridgehead atoms. The zero-order valence-electron chi connectivity index (χ0n) is 19.9. The minimum atomic E-state index is -4.39. The summed E-state index contributed by atoms with van der Waals surface area (Å²) >= 11 is 0. The van der Waals surface area contributed by atoms with Gasteiger partial charge in [-0.15, -0.1) is 0 Å². The van der Waals surface area contributed by atoms with Crippen molar-refractivity contribution < 1.29 is 18.0 Å². The number of aromatic nitrogens is 3. The lowest BCUT2D eigenvalue weighted by Gasteiger charge is -2.11. The maximum Gasteiger partial charge on any atom is 0.416 e. The Kier molecular flexibility index (Phi) is 6.25. The summed E-state index contributed by atoms with van der Waals surface area (Å²) in [7, 11) is 0. The van der Waals surface area contributed by atoms with Crippen molar-refractivity contribution in [2.75, 3.05) is 5.32 Å². The number of carbonyl (C=O) groups excluding carboxylic acids is 1. The lowest BCUT2D eigenvalue weighted by atomic mass is 10.0. The summed E-state index contributed by atoms with van der Waals surface area (Å²) in [6, 6.07) is 14.7. The fourth-order valence-electron chi connectivity index (χ4n) is 4.12. The Morgan fingerprint density at radius 2 is 1.92 bits per heavy atom. The van der Waals surface area contributed by atoms with Gasteiger partial charge in [0.05, 0.1) is 29.1 Å². The molecule has 1 N–H and O–H groups in total. The van der Waals surface area contributed by atoms with E-state index in [2.05, 4.69) is 21.5 Å². The number of anilines is 1. The summed E-state index contributed by atoms with van der Waals surface area (Å²) in [6.07, 6.45) is 2.62. The number of amides is 1. The number of carbonyl (C=O) groups is 1. The van der Waals surface area contributed by atoms with E-state index in [4.69, 9.17) is 0 Å². The first-order valence-corrected chi connectivity index (χ1v) is 11.7. The summed E-state index contributed by atoms with van der Waals surface area (Å²) in [6.45, 7) is 1.92. The molecule has 0 unspecified atom stereocenters. The normalized spacial score (nSPS) is 13.3. The van der Waals surface area contributed by atoms with Crippen LogP contribution in [0.15, 0.2) is 67.1 Å². The average Bonchev–Trinajstić information content (AvgIpc) is 3.62. The van der Waals surface area contributed by atoms with Crippen molar-refractivity contribution in [3.63, 3.8) is 0 Å². The first-order valence-electron chi connectivity index (χ1n) is 11.7. The van der Waals surface area contributed by atoms with Crippen LogP contribution < -0.4 is 5.32 Å². The van der Waals surface area contributed by atoms with Crippen LogP contribution in [0.25, 0.3) is 16.8 Å². The predicted octanol–water partition coefficient (Wildman–Crippen LogP) is 6.07. The van der Waals surface area contributed by atoms with Crippen molar-refractivity contribution in [1.82, 2.24) is 14.8 Å². The summed E-state index contributed by atoms with van der Waals surface area (Å²) in [5, 5.41) is 16.9. The van der Waals surface area contributed by atoms with E-state index in [-0.39, 0.29) is 11.8 Å². The van der Waals surface area contributed by atoms with Crippen molar-refractivity contribution in [2.45, 2.75) is 32.4 Å². The minimum absolute atomic E-state index is 0.0258. The minimum Gasteiger partial charge on any atom is -0.310 e. The Morgan fingerprint density at radius 3 is 2.65 bits per heavy atom. The molecular weight excluding hydrogens is 479 g/mol. The van der Waals surface area contributed by atoms with Crippen LogP contribution >= 0.6 is 0 Å². The SMILES string of the molecule is Cc1ccc(Cc2cccc(C(F)(F)F)c2)cc1-n1cc(-c2cnc(NC(=O)C3CC3)cc2C#N)cn1. The van der Waals surface area contributed by atoms with E-state index in [0.717, 1.165) is 35.7 Å². The van der Waals surface area contributed by atoms with Crippen LogP contribution in [0.2, 0.25) is 0 Å². The maximum atomic E-state index is 13.1. The number of aryl methyl sites for hydroxylation is 1. The fraction of sp³-hybridized carbons (Fsp3) is 0.214. The monoisotopic (exact) mass is 501 g/mol. The number of benzene rings is 2. The predicted molar refractivity (Wildman–Crippen MR) is 132 cm³/mol. The van der Waals surface area contributed by atoms with Crippen LogP contribution in [0.4, 0.5) is 19.0 Å². The largest absolute Gasteiger partial charge is 0.416 e. The number of halogens is 3. The highest BCUT2D eigenvalue weighted by molar-refractivity contribution is 5.93. The molecule has 1 fully saturated rings. The van der Waals surface area contributed by atoms with Crippen molar-refractivity contribution in [3.05, 3.63) is 94.9 Å². The second-order valence-electron chi connectivity index (χ2n) is 9.16. The molecule has 0 atom stereocenters. The van der Waals surface area contributed by atoms with Crippen LogP contribution in [-0.2, 0) is 17.4 Å². The van der Waals surface area contributed by atoms with E-state index < -0.39 is 11.7 Å². The molecule has 2 aromatic heterocycles. The van der Waals surface area contributed by atoms with Gasteiger partial charge in [-0.2, -0.15) is 23.5 Å². The number of nitriles is 1. The molecule has 2 heterocycles. The Hall–Kier alpha value is -4.45. The molecular formula is C28H22F3N5O. The molecule has 4 aromatic rings. The van der Waals surface area contributed by atoms with E-state index in [1.807, 2.05) is 25.1 Å². The number of pyridine rings is 1. The molecule has 186 valence electrons. The molecule has 0 spiro atoms. The lowest BCUT2D eigenvalue weighted by molar-refractivity contribution is -0.137. The highest BCUT2D eigenvalue weighted by atomic mass is 19.4. The average molecular weight is 502 g/mol. The molecule has 1 saturated carbocycles. The van der Waals surface area contributed by atoms with Gasteiger partial charge in [-0.25, -0.2) is 9.67 Å². The van der Waals surface area contributed by atoms with Crippen LogP contribution in [-0.4, -0.2) is 20.7 Å². The number of hydrogen-bond donors (Lipinski definition) is 1. The Labute approximate surface area is 211 Å². The van der Waals surface area contributed by atoms with Gasteiger partial charge in [0.15, 0.2) is 0 Å². The second-order valence-corrected chi connectivity index (χ2v) is 9.16. The number of hydrogen-bond acceptors (Lipinski definition) is 4. The Morgan fingerprint density at radius 1 is 1.14 bits per heavy atom. The standard InChI is InChI=1S/C28H22F3N5O/c1-17-5-6-19(9-18-3-2-4-23(10-18)28(29,30)31)11-25(17)36-16-22(14-34-36)24-15-33-26(12-21(24)13-32)35-27(37)20-7-8-20/h2-6,10-12,14-16,20H,7-9H2,1H3,(H,33,35,37). The van der Waals surface area contributed by atoms with E-state index in [0.29, 0.717) is 34.5 Å². The van der Waals surface area contributed by atoms with Gasteiger partial charge in [0.25, 0.3) is 0 Å². The highest BCUT2D eigenvalue weighted by Gasteiger charge is 2.31. The number of rotatable bonds is 6. The zero-order valence-corrected chi connectivity index (χ0v) is 19.9. The van der Waals surface area contributed by atoms with E-state index in [1.54, 1.807) is 35.4 Å². The van der Waals surface area contributed by atoms with Gasteiger partial charge < -0.3 is 5.32 Å². The first-order chi connectivity index (χ1) is 17.7. The summed E-state index contributed by atoms with van der Waals surface area (Å²) in [5.74, 6) is 0.276. The van der Waals surface area contributed by atoms with Gasteiger partial charge in [0.2, 0.25) is 5.91 Å². The third-order valence-electron chi connectivity index (χ3n) is 6.30. The van der Waals surface area contributed by atoms with Crippen LogP contribution in [0.5, 0.6) is 0 Å². The first kappa shape index (κ1) is 24.3. The lowest BCUT2D eigenvalue weighted by Crippen LogP contribution is -2.14. The quantitative estimate of drug-likeness (QED) is 0.348. The van der Waals surface area contributed by atoms with Gasteiger partial charge in [0.1, 0.15) is 5.82 Å². The molecule has 1 aliphatic carbocycles. The van der Waals surface area contributed by atoms with Crippen molar-refractivity contribution in [3.8, 4) is 22.9 Å². The van der Waals surface area contributed by atoms with Crippen LogP contribution in [0.3, 0.4) is 0 Å². The molecule has 0 radical (unpaired) electrons. The molecule has 2 aromatic carbocycles. The van der Waals surface area contributed by atoms with Crippen molar-refractivity contribution >= 4 is 11.7 Å². The Balaban J connectivity index is 1.40. The fourth-order valence-corrected chi connectivity index (χ4v) is 4.12. The number of nitrogens with one attached hydrogen (secondary N) is 1. The summed E-state index contributed by atoms with van der Waals surface area (Å²) in [4.78, 5) is 16.3. The topological polar surface area (TPSA) is 83.6 Å². The second kappa shape index (κ2) is 9.54. The third-order valence-corrected chi connectivity index (χ3v) is 6.30. The molecule has 37 heavy (non-hydrogen) atoms. The number of nitrogens with zero attached hydrogens (tertiary/aromatic N) is 4. The smallest absolute Gasteiger partial charge is 0.310 e. The van der Waals surface area contributed by atoms with Gasteiger partial charge in [-0.1, -0.05) is 30.3 Å². The van der Waals surface area contributed by atoms with Gasteiger partial charge in [-0.3, -0.25) is 4.79 Å². The molecule has 0 saturated heterocycles. The van der Waals surface area contributed by atoms with Crippen LogP contribution in [0, 0.1) is 24.2 Å². The number of alkyl halides is 3. The summed E-state index contributed by atoms with van der Waals surface area (Å²) < 4.78 is 41.0. The van der Waals surface area contributed by atoms with Gasteiger partial charge in [0, 0.05) is 29.4 Å². The van der Waals surface area contributed by atoms with Crippen molar-refractivity contribution in [1.29, 1.82) is 5.26 Å². The molecule has 1 aliphatic rings. The highest BCUT2D eigenvalue weighted by Crippen LogP contribution is 2.32. The van der Waals surface area contributed by atoms with E-state index in [9.17, 15) is 23.2 Å². The zero-order chi connectivity index (χ0) is 26.2. The molecule has 1 amide bonds. The third kappa shape index (κ3) is 5.38. The van der Waals surface area contributed by atoms with Crippen LogP contribution in [0.1, 0.15) is 40.7 Å². The molecule has 5 rings (SSSR count). The van der Waals surface area contributed by atoms with E-state index in [1.165, 1.54) is 12.1 Å². The maximum absolute atomic E-state index is 13.1. The molecule has 0 aliphatic heterocycles. The van der Waals surface area contributed by atoms with E-state index >= 15 is 0 Å². The van der Waals surface area contributed by atoms with Gasteiger partial charge in [-0.05, 0) is 61.1 Å². The Bertz CT molecular complexity index is 1530. The molecule has 6 nitrogen and oxygen atoms in total. The summed E-state index contributed by atoms with van der Waals surface area (Å²) in [5.41, 5.74) is 4.04. The van der Waals surface area contributed by atoms with Crippen molar-refractivity contribution in [2.24, 2.45) is 5.92 Å². The van der Waals surface area contributed by atoms with Gasteiger partial charge >= 0.3 is 6.18 Å². The molecule has 9 heteroatoms.